The fourth-order valence-corrected chi connectivity index (χ4v) is 15.8. The zero-order chi connectivity index (χ0) is 33.5. The Hall–Kier alpha value is 0. The smallest absolute Gasteiger partial charge is 0.0352 e. The van der Waals surface area contributed by atoms with Crippen molar-refractivity contribution in [2.24, 2.45) is 82.9 Å². The Labute approximate surface area is 313 Å². The summed E-state index contributed by atoms with van der Waals surface area (Å²) in [6.07, 6.45) is 57.3. The van der Waals surface area contributed by atoms with Gasteiger partial charge in [-0.3, -0.25) is 0 Å². The molecule has 0 spiro atoms. The van der Waals surface area contributed by atoms with Crippen LogP contribution in [0, 0.1) is 82.9 Å². The zero-order valence-corrected chi connectivity index (χ0v) is 33.5. The van der Waals surface area contributed by atoms with Gasteiger partial charge in [-0.1, -0.05) is 116 Å². The van der Waals surface area contributed by atoms with Crippen LogP contribution in [0.4, 0.5) is 0 Å². The third kappa shape index (κ3) is 9.62. The molecule has 0 aromatic carbocycles. The van der Waals surface area contributed by atoms with E-state index in [4.69, 9.17) is 0 Å². The lowest BCUT2D eigenvalue weighted by Crippen LogP contribution is -2.29. The molecule has 8 rings (SSSR count). The van der Waals surface area contributed by atoms with Crippen molar-refractivity contribution >= 4 is 0 Å². The second-order valence-electron chi connectivity index (χ2n) is 21.5. The van der Waals surface area contributed by atoms with Crippen LogP contribution in [0.5, 0.6) is 0 Å². The highest BCUT2D eigenvalue weighted by molar-refractivity contribution is 4.96. The molecule has 14 atom stereocenters. The van der Waals surface area contributed by atoms with E-state index >= 15 is 0 Å². The van der Waals surface area contributed by atoms with Crippen LogP contribution in [0.2, 0.25) is 0 Å². The molecule has 0 heterocycles. The molecule has 8 aliphatic carbocycles. The standard InChI is InChI=1S/C50H86/c1-2-6-12-37-20-21-39-16-10-17-40-23-26-45-33-31-44-34-35-47-14-8-4-5-9-15-48-36-50(48)49(47)19-11-18-41(44)24-27-46(45)32-30-43(40)29-28-42(39)25-22-38(37)13-7-3-1/h37-50H,1-36H2. The zero-order valence-electron chi connectivity index (χ0n) is 33.5. The maximum atomic E-state index is 1.63. The van der Waals surface area contributed by atoms with Crippen molar-refractivity contribution in [2.45, 2.75) is 231 Å². The number of hydrogen-bond acceptors (Lipinski definition) is 0. The van der Waals surface area contributed by atoms with E-state index in [-0.39, 0.29) is 0 Å². The molecule has 8 saturated carbocycles. The minimum absolute atomic E-state index is 1.08. The molecule has 14 unspecified atom stereocenters. The molecule has 0 aliphatic heterocycles. The predicted octanol–water partition coefficient (Wildman–Crippen LogP) is 15.8. The minimum atomic E-state index is 1.08. The van der Waals surface area contributed by atoms with E-state index in [2.05, 4.69) is 0 Å². The molecule has 0 nitrogen and oxygen atoms in total. The molecule has 0 bridgehead atoms. The maximum absolute atomic E-state index is 1.63. The molecule has 0 aromatic heterocycles. The minimum Gasteiger partial charge on any atom is -0.0533 e. The summed E-state index contributed by atoms with van der Waals surface area (Å²) in [6.45, 7) is 0. The van der Waals surface area contributed by atoms with Crippen LogP contribution in [0.1, 0.15) is 231 Å². The Balaban J connectivity index is 0.871. The summed E-state index contributed by atoms with van der Waals surface area (Å²) in [6, 6.07) is 0. The summed E-state index contributed by atoms with van der Waals surface area (Å²) in [5, 5.41) is 0. The maximum Gasteiger partial charge on any atom is -0.0352 e. The quantitative estimate of drug-likeness (QED) is 0.238. The van der Waals surface area contributed by atoms with Crippen molar-refractivity contribution in [2.75, 3.05) is 0 Å². The Bertz CT molecular complexity index is 981. The van der Waals surface area contributed by atoms with Crippen molar-refractivity contribution in [3.05, 3.63) is 0 Å². The predicted molar refractivity (Wildman–Crippen MR) is 215 cm³/mol. The van der Waals surface area contributed by atoms with E-state index in [9.17, 15) is 0 Å². The van der Waals surface area contributed by atoms with E-state index in [0.29, 0.717) is 0 Å². The molecular weight excluding hydrogens is 601 g/mol. The first-order chi connectivity index (χ1) is 24.8. The normalized spacial score (nSPS) is 47.5. The van der Waals surface area contributed by atoms with Gasteiger partial charge in [0.15, 0.2) is 0 Å². The highest BCUT2D eigenvalue weighted by Gasteiger charge is 2.45. The van der Waals surface area contributed by atoms with Crippen molar-refractivity contribution in [1.29, 1.82) is 0 Å². The highest BCUT2D eigenvalue weighted by atomic mass is 14.5. The van der Waals surface area contributed by atoms with Crippen molar-refractivity contribution < 1.29 is 0 Å². The van der Waals surface area contributed by atoms with E-state index in [1.807, 2.05) is 0 Å². The average molecular weight is 687 g/mol. The van der Waals surface area contributed by atoms with E-state index < -0.39 is 0 Å². The number of hydrogen-bond donors (Lipinski definition) is 0. The molecule has 286 valence electrons. The molecule has 8 aliphatic rings. The largest absolute Gasteiger partial charge is 0.0533 e. The lowest BCUT2D eigenvalue weighted by Gasteiger charge is -2.40. The summed E-state index contributed by atoms with van der Waals surface area (Å²) in [5.74, 6) is 15.4. The van der Waals surface area contributed by atoms with Gasteiger partial charge < -0.3 is 0 Å². The Kier molecular flexibility index (Phi) is 13.7. The Morgan fingerprint density at radius 1 is 0.140 bits per heavy atom. The second-order valence-corrected chi connectivity index (χ2v) is 21.5. The third-order valence-electron chi connectivity index (χ3n) is 19.0. The van der Waals surface area contributed by atoms with Gasteiger partial charge in [0, 0.05) is 0 Å². The first-order valence-corrected chi connectivity index (χ1v) is 24.8. The molecule has 0 amide bonds. The van der Waals surface area contributed by atoms with Gasteiger partial charge in [-0.05, 0) is 198 Å². The summed E-state index contributed by atoms with van der Waals surface area (Å²) < 4.78 is 0. The first kappa shape index (κ1) is 36.9. The fraction of sp³-hybridized carbons (Fsp3) is 1.00. The van der Waals surface area contributed by atoms with E-state index in [1.54, 1.807) is 205 Å². The SMILES string of the molecule is C1CCCC2CCC3CCCC4CCC5CCC6CCC7CCCCCCC8CC8C7CCCC6CCC5CCC4CCC3CCC2CCC1. The summed E-state index contributed by atoms with van der Waals surface area (Å²) in [4.78, 5) is 0. The van der Waals surface area contributed by atoms with Crippen LogP contribution < -0.4 is 0 Å². The molecular formula is C50H86. The lowest BCUT2D eigenvalue weighted by molar-refractivity contribution is 0.107. The number of rotatable bonds is 0. The van der Waals surface area contributed by atoms with Crippen LogP contribution in [0.15, 0.2) is 0 Å². The number of fused-ring (bicyclic) bond motifs is 8. The van der Waals surface area contributed by atoms with Crippen LogP contribution in [-0.4, -0.2) is 0 Å². The molecule has 0 aromatic rings. The molecule has 0 radical (unpaired) electrons. The first-order valence-electron chi connectivity index (χ1n) is 24.8. The summed E-state index contributed by atoms with van der Waals surface area (Å²) in [5.41, 5.74) is 0. The van der Waals surface area contributed by atoms with Gasteiger partial charge in [-0.15, -0.1) is 0 Å². The topological polar surface area (TPSA) is 0 Å². The fourth-order valence-electron chi connectivity index (χ4n) is 15.8. The van der Waals surface area contributed by atoms with Gasteiger partial charge in [0.2, 0.25) is 0 Å². The van der Waals surface area contributed by atoms with Crippen molar-refractivity contribution in [3.8, 4) is 0 Å². The molecule has 50 heavy (non-hydrogen) atoms. The lowest BCUT2D eigenvalue weighted by atomic mass is 9.65. The van der Waals surface area contributed by atoms with Gasteiger partial charge in [0.25, 0.3) is 0 Å². The Morgan fingerprint density at radius 3 is 0.760 bits per heavy atom. The van der Waals surface area contributed by atoms with Gasteiger partial charge in [-0.25, -0.2) is 0 Å². The van der Waals surface area contributed by atoms with Gasteiger partial charge in [0.05, 0.1) is 0 Å². The van der Waals surface area contributed by atoms with Gasteiger partial charge in [-0.2, -0.15) is 0 Å². The molecule has 8 fully saturated rings. The van der Waals surface area contributed by atoms with E-state index in [1.165, 1.54) is 25.7 Å². The second kappa shape index (κ2) is 18.6. The highest BCUT2D eigenvalue weighted by Crippen LogP contribution is 2.55. The van der Waals surface area contributed by atoms with Crippen molar-refractivity contribution in [1.82, 2.24) is 0 Å². The molecule has 0 N–H and O–H groups in total. The summed E-state index contributed by atoms with van der Waals surface area (Å²) >= 11 is 0. The third-order valence-corrected chi connectivity index (χ3v) is 19.0. The van der Waals surface area contributed by atoms with Gasteiger partial charge in [0.1, 0.15) is 0 Å². The van der Waals surface area contributed by atoms with Crippen LogP contribution in [-0.2, 0) is 0 Å². The monoisotopic (exact) mass is 687 g/mol. The van der Waals surface area contributed by atoms with Crippen LogP contribution in [0.25, 0.3) is 0 Å². The van der Waals surface area contributed by atoms with Crippen molar-refractivity contribution in [3.63, 3.8) is 0 Å². The molecule has 0 heteroatoms. The Morgan fingerprint density at radius 2 is 0.380 bits per heavy atom. The van der Waals surface area contributed by atoms with Crippen LogP contribution in [0.3, 0.4) is 0 Å². The molecule has 0 saturated heterocycles. The van der Waals surface area contributed by atoms with Crippen LogP contribution >= 0.6 is 0 Å². The van der Waals surface area contributed by atoms with E-state index in [0.717, 1.165) is 82.9 Å². The average Bonchev–Trinajstić information content (AvgIpc) is 3.84. The van der Waals surface area contributed by atoms with Gasteiger partial charge >= 0.3 is 0 Å². The summed E-state index contributed by atoms with van der Waals surface area (Å²) in [7, 11) is 0.